The van der Waals surface area contributed by atoms with Gasteiger partial charge in [0, 0.05) is 6.20 Å². The summed E-state index contributed by atoms with van der Waals surface area (Å²) in [5.74, 6) is 0.320. The van der Waals surface area contributed by atoms with Crippen molar-refractivity contribution in [2.24, 2.45) is 0 Å². The summed E-state index contributed by atoms with van der Waals surface area (Å²) in [6.07, 6.45) is -0.125. The van der Waals surface area contributed by atoms with Crippen LogP contribution in [0.25, 0.3) is 11.0 Å². The maximum atomic E-state index is 10.7. The summed E-state index contributed by atoms with van der Waals surface area (Å²) < 4.78 is 7.34. The summed E-state index contributed by atoms with van der Waals surface area (Å²) in [5, 5.41) is 31.8. The number of rotatable bonds is 2. The first-order valence-electron chi connectivity index (χ1n) is 6.99. The Kier molecular flexibility index (Phi) is 3.19. The molecule has 0 radical (unpaired) electrons. The van der Waals surface area contributed by atoms with Gasteiger partial charge in [-0.25, -0.2) is 9.97 Å². The van der Waals surface area contributed by atoms with Crippen molar-refractivity contribution in [1.82, 2.24) is 14.5 Å². The number of nitrogen functional groups attached to an aromatic ring is 1. The van der Waals surface area contributed by atoms with E-state index in [9.17, 15) is 15.3 Å². The quantitative estimate of drug-likeness (QED) is 0.604. The van der Waals surface area contributed by atoms with Crippen molar-refractivity contribution in [1.29, 1.82) is 0 Å². The van der Waals surface area contributed by atoms with E-state index >= 15 is 0 Å². The van der Waals surface area contributed by atoms with Crippen molar-refractivity contribution in [3.8, 4) is 0 Å². The maximum Gasteiger partial charge on any atom is 0.167 e. The summed E-state index contributed by atoms with van der Waals surface area (Å²) in [6.45, 7) is 4.50. The number of aliphatic hydroxyl groups is 3. The van der Waals surface area contributed by atoms with E-state index in [0.717, 1.165) is 0 Å². The number of hydrogen-bond acceptors (Lipinski definition) is 7. The van der Waals surface area contributed by atoms with Crippen LogP contribution < -0.4 is 5.73 Å². The predicted molar refractivity (Wildman–Crippen MR) is 78.8 cm³/mol. The first kappa shape index (κ1) is 15.2. The van der Waals surface area contributed by atoms with E-state index in [1.54, 1.807) is 16.8 Å². The summed E-state index contributed by atoms with van der Waals surface area (Å²) in [5.41, 5.74) is 3.38. The standard InChI is InChI=1S/C14H20N4O4/c1-13(2,20)9-8(19)14(3,21)12(22-9)18-5-4-7-10(15)16-6-17-11(7)18/h4-6,8-9,12,19-21H,1-3H3,(H2,15,16,17)/t8?,9?,12?,14-/m1/s1. The lowest BCUT2D eigenvalue weighted by Crippen LogP contribution is -2.49. The molecule has 2 aromatic heterocycles. The monoisotopic (exact) mass is 308 g/mol. The molecule has 2 aromatic rings. The lowest BCUT2D eigenvalue weighted by atomic mass is 9.89. The molecule has 1 aliphatic rings. The first-order valence-corrected chi connectivity index (χ1v) is 6.99. The van der Waals surface area contributed by atoms with Gasteiger partial charge in [0.15, 0.2) is 6.23 Å². The van der Waals surface area contributed by atoms with E-state index in [4.69, 9.17) is 10.5 Å². The number of anilines is 1. The van der Waals surface area contributed by atoms with Gasteiger partial charge < -0.3 is 30.4 Å². The van der Waals surface area contributed by atoms with E-state index in [1.807, 2.05) is 0 Å². The van der Waals surface area contributed by atoms with Crippen LogP contribution in [-0.2, 0) is 4.74 Å². The molecule has 0 bridgehead atoms. The number of nitrogens with two attached hydrogens (primary N) is 1. The van der Waals surface area contributed by atoms with E-state index in [1.165, 1.54) is 27.1 Å². The van der Waals surface area contributed by atoms with Crippen LogP contribution in [0, 0.1) is 0 Å². The van der Waals surface area contributed by atoms with Gasteiger partial charge in [0.1, 0.15) is 35.6 Å². The molecule has 3 unspecified atom stereocenters. The Morgan fingerprint density at radius 1 is 1.41 bits per heavy atom. The Balaban J connectivity index is 2.09. The summed E-state index contributed by atoms with van der Waals surface area (Å²) >= 11 is 0. The topological polar surface area (TPSA) is 127 Å². The normalized spacial score (nSPS) is 32.7. The minimum atomic E-state index is -1.60. The van der Waals surface area contributed by atoms with Crippen LogP contribution in [0.2, 0.25) is 0 Å². The van der Waals surface area contributed by atoms with E-state index < -0.39 is 29.6 Å². The fourth-order valence-electron chi connectivity index (χ4n) is 2.88. The summed E-state index contributed by atoms with van der Waals surface area (Å²) in [4.78, 5) is 8.07. The molecule has 120 valence electrons. The second kappa shape index (κ2) is 4.63. The minimum absolute atomic E-state index is 0.320. The number of ether oxygens (including phenoxy) is 1. The molecule has 0 aromatic carbocycles. The fraction of sp³-hybridized carbons (Fsp3) is 0.571. The van der Waals surface area contributed by atoms with Gasteiger partial charge >= 0.3 is 0 Å². The van der Waals surface area contributed by atoms with Crippen molar-refractivity contribution in [3.63, 3.8) is 0 Å². The van der Waals surface area contributed by atoms with Crippen LogP contribution in [0.15, 0.2) is 18.6 Å². The lowest BCUT2D eigenvalue weighted by Gasteiger charge is -2.29. The number of hydrogen-bond donors (Lipinski definition) is 4. The summed E-state index contributed by atoms with van der Waals surface area (Å²) in [7, 11) is 0. The largest absolute Gasteiger partial charge is 0.388 e. The SMILES string of the molecule is CC(C)(O)C1OC(n2ccc3c(N)ncnc32)[C@](C)(O)C1O. The molecular weight excluding hydrogens is 288 g/mol. The second-order valence-electron chi connectivity index (χ2n) is 6.45. The molecule has 0 saturated carbocycles. The molecular formula is C14H20N4O4. The number of aliphatic hydroxyl groups excluding tert-OH is 1. The van der Waals surface area contributed by atoms with Crippen LogP contribution in [-0.4, -0.2) is 53.3 Å². The van der Waals surface area contributed by atoms with Crippen LogP contribution in [0.3, 0.4) is 0 Å². The number of fused-ring (bicyclic) bond motifs is 1. The molecule has 3 heterocycles. The average molecular weight is 308 g/mol. The van der Waals surface area contributed by atoms with Gasteiger partial charge in [-0.1, -0.05) is 0 Å². The Hall–Kier alpha value is -1.74. The lowest BCUT2D eigenvalue weighted by molar-refractivity contribution is -0.124. The zero-order chi connectivity index (χ0) is 16.3. The van der Waals surface area contributed by atoms with Crippen molar-refractivity contribution in [2.75, 3.05) is 5.73 Å². The van der Waals surface area contributed by atoms with Gasteiger partial charge in [-0.3, -0.25) is 0 Å². The number of nitrogens with zero attached hydrogens (tertiary/aromatic N) is 3. The zero-order valence-corrected chi connectivity index (χ0v) is 12.6. The van der Waals surface area contributed by atoms with Crippen molar-refractivity contribution >= 4 is 16.9 Å². The third kappa shape index (κ3) is 2.07. The second-order valence-corrected chi connectivity index (χ2v) is 6.45. The third-order valence-electron chi connectivity index (χ3n) is 4.15. The average Bonchev–Trinajstić information content (AvgIpc) is 2.91. The Morgan fingerprint density at radius 2 is 2.09 bits per heavy atom. The first-order chi connectivity index (χ1) is 10.1. The third-order valence-corrected chi connectivity index (χ3v) is 4.15. The molecule has 8 heteroatoms. The summed E-state index contributed by atoms with van der Waals surface area (Å²) in [6, 6.07) is 1.72. The van der Waals surface area contributed by atoms with Gasteiger partial charge in [-0.2, -0.15) is 0 Å². The minimum Gasteiger partial charge on any atom is -0.388 e. The highest BCUT2D eigenvalue weighted by Gasteiger charge is 2.57. The highest BCUT2D eigenvalue weighted by molar-refractivity contribution is 5.86. The highest BCUT2D eigenvalue weighted by Crippen LogP contribution is 2.43. The van der Waals surface area contributed by atoms with Crippen LogP contribution in [0.4, 0.5) is 5.82 Å². The Morgan fingerprint density at radius 3 is 2.68 bits per heavy atom. The van der Waals surface area contributed by atoms with Crippen molar-refractivity contribution in [3.05, 3.63) is 18.6 Å². The molecule has 0 amide bonds. The van der Waals surface area contributed by atoms with Crippen molar-refractivity contribution < 1.29 is 20.1 Å². The Labute approximate surface area is 127 Å². The van der Waals surface area contributed by atoms with Crippen LogP contribution in [0.5, 0.6) is 0 Å². The van der Waals surface area contributed by atoms with Crippen LogP contribution in [0.1, 0.15) is 27.0 Å². The smallest absolute Gasteiger partial charge is 0.167 e. The number of aromatic nitrogens is 3. The predicted octanol–water partition coefficient (Wildman–Crippen LogP) is -0.206. The molecule has 1 saturated heterocycles. The fourth-order valence-corrected chi connectivity index (χ4v) is 2.88. The van der Waals surface area contributed by atoms with Crippen LogP contribution >= 0.6 is 0 Å². The molecule has 1 aliphatic heterocycles. The molecule has 5 N–H and O–H groups in total. The molecule has 3 rings (SSSR count). The molecule has 22 heavy (non-hydrogen) atoms. The molecule has 8 nitrogen and oxygen atoms in total. The Bertz CT molecular complexity index is 706. The van der Waals surface area contributed by atoms with Gasteiger partial charge in [0.2, 0.25) is 0 Å². The highest BCUT2D eigenvalue weighted by atomic mass is 16.6. The zero-order valence-electron chi connectivity index (χ0n) is 12.6. The maximum absolute atomic E-state index is 10.7. The van der Waals surface area contributed by atoms with E-state index in [-0.39, 0.29) is 0 Å². The molecule has 4 atom stereocenters. The van der Waals surface area contributed by atoms with E-state index in [0.29, 0.717) is 16.9 Å². The van der Waals surface area contributed by atoms with E-state index in [2.05, 4.69) is 9.97 Å². The van der Waals surface area contributed by atoms with Crippen molar-refractivity contribution in [2.45, 2.75) is 50.4 Å². The van der Waals surface area contributed by atoms with Gasteiger partial charge in [0.25, 0.3) is 0 Å². The molecule has 0 aliphatic carbocycles. The van der Waals surface area contributed by atoms with Gasteiger partial charge in [0.05, 0.1) is 11.0 Å². The molecule has 0 spiro atoms. The van der Waals surface area contributed by atoms with Gasteiger partial charge in [-0.05, 0) is 26.8 Å². The van der Waals surface area contributed by atoms with Gasteiger partial charge in [-0.15, -0.1) is 0 Å². The molecule has 1 fully saturated rings.